The van der Waals surface area contributed by atoms with E-state index in [4.69, 9.17) is 17.0 Å². The first-order valence-corrected chi connectivity index (χ1v) is 10.5. The van der Waals surface area contributed by atoms with Crippen molar-refractivity contribution in [3.05, 3.63) is 57.9 Å². The van der Waals surface area contributed by atoms with E-state index in [1.54, 1.807) is 30.5 Å². The van der Waals surface area contributed by atoms with E-state index in [2.05, 4.69) is 16.9 Å². The van der Waals surface area contributed by atoms with Crippen LogP contribution in [0.1, 0.15) is 18.9 Å². The second kappa shape index (κ2) is 9.82. The van der Waals surface area contributed by atoms with E-state index in [1.165, 1.54) is 21.1 Å². The van der Waals surface area contributed by atoms with E-state index < -0.39 is 0 Å². The van der Waals surface area contributed by atoms with Crippen LogP contribution in [0, 0.1) is 0 Å². The minimum absolute atomic E-state index is 0.236. The Morgan fingerprint density at radius 2 is 2.21 bits per heavy atom. The number of carbonyl (C=O) groups is 1. The molecule has 0 aliphatic carbocycles. The standard InChI is InChI=1S/C20H22N4O3S2/c1-3-10-24-19(26)15(29-20(24)28)13-14-17(21-9-7-12-27-4-2)22-16-8-5-6-11-23(16)18(14)25/h3,5-6,8,11,13,21H,1,4,7,9-10,12H2,2H3/b15-13-. The number of amides is 1. The molecule has 152 valence electrons. The Bertz CT molecular complexity index is 1030. The van der Waals surface area contributed by atoms with Crippen LogP contribution in [0.4, 0.5) is 5.82 Å². The van der Waals surface area contributed by atoms with Crippen LogP contribution < -0.4 is 10.9 Å². The van der Waals surface area contributed by atoms with Gasteiger partial charge in [0.1, 0.15) is 15.8 Å². The molecule has 1 N–H and O–H groups in total. The molecule has 0 aromatic carbocycles. The van der Waals surface area contributed by atoms with Crippen LogP contribution in [0.25, 0.3) is 11.7 Å². The van der Waals surface area contributed by atoms with E-state index >= 15 is 0 Å². The minimum Gasteiger partial charge on any atom is -0.382 e. The third kappa shape index (κ3) is 4.75. The Kier molecular flexibility index (Phi) is 7.18. The van der Waals surface area contributed by atoms with Crippen molar-refractivity contribution < 1.29 is 9.53 Å². The molecule has 1 saturated heterocycles. The molecule has 7 nitrogen and oxygen atoms in total. The molecule has 3 rings (SSSR count). The van der Waals surface area contributed by atoms with Gasteiger partial charge in [-0.05, 0) is 31.6 Å². The first-order valence-electron chi connectivity index (χ1n) is 9.26. The van der Waals surface area contributed by atoms with Gasteiger partial charge in [0.05, 0.1) is 10.5 Å². The Balaban J connectivity index is 1.98. The number of thioether (sulfide) groups is 1. The quantitative estimate of drug-likeness (QED) is 0.284. The van der Waals surface area contributed by atoms with Gasteiger partial charge in [0, 0.05) is 32.5 Å². The van der Waals surface area contributed by atoms with E-state index in [0.29, 0.717) is 52.6 Å². The topological polar surface area (TPSA) is 75.9 Å². The third-order valence-corrected chi connectivity index (χ3v) is 5.57. The van der Waals surface area contributed by atoms with Gasteiger partial charge in [-0.15, -0.1) is 6.58 Å². The van der Waals surface area contributed by atoms with Crippen molar-refractivity contribution in [1.29, 1.82) is 0 Å². The van der Waals surface area contributed by atoms with Gasteiger partial charge in [0.15, 0.2) is 0 Å². The summed E-state index contributed by atoms with van der Waals surface area (Å²) in [5.74, 6) is 0.200. The maximum atomic E-state index is 13.1. The summed E-state index contributed by atoms with van der Waals surface area (Å²) in [4.78, 5) is 32.2. The molecule has 0 saturated carbocycles. The Labute approximate surface area is 178 Å². The fourth-order valence-electron chi connectivity index (χ4n) is 2.81. The average molecular weight is 431 g/mol. The molecule has 0 unspecified atom stereocenters. The highest BCUT2D eigenvalue weighted by atomic mass is 32.2. The highest BCUT2D eigenvalue weighted by molar-refractivity contribution is 8.26. The van der Waals surface area contributed by atoms with Crippen molar-refractivity contribution in [1.82, 2.24) is 14.3 Å². The van der Waals surface area contributed by atoms with Crippen LogP contribution in [0.5, 0.6) is 0 Å². The van der Waals surface area contributed by atoms with Gasteiger partial charge in [0.25, 0.3) is 11.5 Å². The third-order valence-electron chi connectivity index (χ3n) is 4.19. The molecule has 1 fully saturated rings. The molecule has 1 aliphatic rings. The summed E-state index contributed by atoms with van der Waals surface area (Å²) >= 11 is 6.45. The highest BCUT2D eigenvalue weighted by Gasteiger charge is 2.31. The summed E-state index contributed by atoms with van der Waals surface area (Å²) in [6.07, 6.45) is 5.61. The summed E-state index contributed by atoms with van der Waals surface area (Å²) in [5.41, 5.74) is 0.599. The zero-order valence-corrected chi connectivity index (χ0v) is 17.7. The molecule has 1 amide bonds. The van der Waals surface area contributed by atoms with Gasteiger partial charge in [0.2, 0.25) is 0 Å². The second-order valence-corrected chi connectivity index (χ2v) is 7.84. The summed E-state index contributed by atoms with van der Waals surface area (Å²) in [6, 6.07) is 5.35. The molecule has 2 aromatic rings. The molecule has 29 heavy (non-hydrogen) atoms. The minimum atomic E-state index is -0.253. The van der Waals surface area contributed by atoms with Crippen LogP contribution in [-0.4, -0.2) is 50.8 Å². The number of hydrogen-bond acceptors (Lipinski definition) is 7. The summed E-state index contributed by atoms with van der Waals surface area (Å²) in [6.45, 7) is 7.80. The van der Waals surface area contributed by atoms with E-state index in [9.17, 15) is 9.59 Å². The summed E-state index contributed by atoms with van der Waals surface area (Å²) in [5, 5.41) is 3.21. The number of pyridine rings is 1. The van der Waals surface area contributed by atoms with Crippen LogP contribution in [-0.2, 0) is 9.53 Å². The molecule has 1 aliphatic heterocycles. The van der Waals surface area contributed by atoms with Crippen molar-refractivity contribution in [2.24, 2.45) is 0 Å². The Morgan fingerprint density at radius 1 is 1.38 bits per heavy atom. The number of aromatic nitrogens is 2. The number of anilines is 1. The van der Waals surface area contributed by atoms with Gasteiger partial charge in [-0.3, -0.25) is 18.9 Å². The lowest BCUT2D eigenvalue weighted by Crippen LogP contribution is -2.28. The zero-order chi connectivity index (χ0) is 20.8. The largest absolute Gasteiger partial charge is 0.382 e. The molecule has 0 bridgehead atoms. The van der Waals surface area contributed by atoms with Crippen molar-refractivity contribution in [3.63, 3.8) is 0 Å². The lowest BCUT2D eigenvalue weighted by Gasteiger charge is -2.11. The molecule has 0 atom stereocenters. The predicted octanol–water partition coefficient (Wildman–Crippen LogP) is 2.92. The maximum Gasteiger partial charge on any atom is 0.267 e. The van der Waals surface area contributed by atoms with Crippen LogP contribution in [0.3, 0.4) is 0 Å². The first kappa shape index (κ1) is 21.2. The monoisotopic (exact) mass is 430 g/mol. The van der Waals surface area contributed by atoms with Crippen molar-refractivity contribution in [2.45, 2.75) is 13.3 Å². The summed E-state index contributed by atoms with van der Waals surface area (Å²) < 4.78 is 7.26. The molecule has 0 spiro atoms. The second-order valence-electron chi connectivity index (χ2n) is 6.17. The van der Waals surface area contributed by atoms with E-state index in [-0.39, 0.29) is 11.5 Å². The SMILES string of the molecule is C=CCN1C(=O)/C(=C/c2c(NCCCOCC)nc3ccccn3c2=O)SC1=S. The Morgan fingerprint density at radius 3 is 2.97 bits per heavy atom. The van der Waals surface area contributed by atoms with Gasteiger partial charge in [-0.25, -0.2) is 4.98 Å². The molecule has 9 heteroatoms. The number of ether oxygens (including phenoxy) is 1. The lowest BCUT2D eigenvalue weighted by atomic mass is 10.2. The van der Waals surface area contributed by atoms with Gasteiger partial charge >= 0.3 is 0 Å². The lowest BCUT2D eigenvalue weighted by molar-refractivity contribution is -0.121. The molecule has 3 heterocycles. The van der Waals surface area contributed by atoms with Crippen LogP contribution in [0.15, 0.2) is 46.8 Å². The number of rotatable bonds is 9. The van der Waals surface area contributed by atoms with Gasteiger partial charge < -0.3 is 10.1 Å². The normalized spacial score (nSPS) is 15.5. The first-order chi connectivity index (χ1) is 14.1. The maximum absolute atomic E-state index is 13.1. The Hall–Kier alpha value is -2.49. The van der Waals surface area contributed by atoms with Gasteiger partial charge in [-0.2, -0.15) is 0 Å². The average Bonchev–Trinajstić information content (AvgIpc) is 2.98. The highest BCUT2D eigenvalue weighted by Crippen LogP contribution is 2.32. The molecule has 0 radical (unpaired) electrons. The van der Waals surface area contributed by atoms with Gasteiger partial charge in [-0.1, -0.05) is 36.1 Å². The fourth-order valence-corrected chi connectivity index (χ4v) is 4.07. The molecule has 2 aromatic heterocycles. The van der Waals surface area contributed by atoms with E-state index in [1.807, 2.05) is 13.0 Å². The fraction of sp³-hybridized carbons (Fsp3) is 0.300. The van der Waals surface area contributed by atoms with E-state index in [0.717, 1.165) is 6.42 Å². The predicted molar refractivity (Wildman–Crippen MR) is 121 cm³/mol. The number of thiocarbonyl (C=S) groups is 1. The number of nitrogens with zero attached hydrogens (tertiary/aromatic N) is 3. The number of nitrogens with one attached hydrogen (secondary N) is 1. The number of carbonyl (C=O) groups excluding carboxylic acids is 1. The van der Waals surface area contributed by atoms with Crippen LogP contribution in [0.2, 0.25) is 0 Å². The smallest absolute Gasteiger partial charge is 0.267 e. The zero-order valence-electron chi connectivity index (χ0n) is 16.1. The number of hydrogen-bond donors (Lipinski definition) is 1. The molecular weight excluding hydrogens is 408 g/mol. The van der Waals surface area contributed by atoms with Crippen molar-refractivity contribution in [2.75, 3.05) is 31.6 Å². The molecular formula is C20H22N4O3S2. The summed E-state index contributed by atoms with van der Waals surface area (Å²) in [7, 11) is 0. The van der Waals surface area contributed by atoms with Crippen LogP contribution >= 0.6 is 24.0 Å². The van der Waals surface area contributed by atoms with Crippen molar-refractivity contribution in [3.8, 4) is 0 Å². The van der Waals surface area contributed by atoms with Crippen molar-refractivity contribution >= 4 is 51.7 Å². The number of fused-ring (bicyclic) bond motifs is 1.